The van der Waals surface area contributed by atoms with Crippen molar-refractivity contribution in [3.05, 3.63) is 0 Å². The number of hydrogen-bond acceptors (Lipinski definition) is 4. The summed E-state index contributed by atoms with van der Waals surface area (Å²) in [6, 6.07) is 0.295. The molecule has 2 fully saturated rings. The third kappa shape index (κ3) is 3.02. The Hall–Kier alpha value is -1.24. The second-order valence-electron chi connectivity index (χ2n) is 6.21. The van der Waals surface area contributed by atoms with Gasteiger partial charge in [0.2, 0.25) is 12.2 Å². The van der Waals surface area contributed by atoms with Gasteiger partial charge in [0, 0.05) is 0 Å². The highest BCUT2D eigenvalue weighted by Crippen LogP contribution is 2.49. The van der Waals surface area contributed by atoms with Gasteiger partial charge < -0.3 is 0 Å². The molecule has 0 aliphatic heterocycles. The molecular weight excluding hydrogens is 240 g/mol. The maximum Gasteiger partial charge on any atom is 0.235 e. The third-order valence-electron chi connectivity index (χ3n) is 5.28. The van der Waals surface area contributed by atoms with Gasteiger partial charge >= 0.3 is 0 Å². The van der Waals surface area contributed by atoms with Crippen LogP contribution in [0, 0.1) is 11.3 Å². The third-order valence-corrected chi connectivity index (χ3v) is 5.28. The van der Waals surface area contributed by atoms with E-state index in [1.165, 1.54) is 6.42 Å². The molecule has 2 rings (SSSR count). The predicted octanol–water partition coefficient (Wildman–Crippen LogP) is 3.17. The van der Waals surface area contributed by atoms with Crippen LogP contribution in [-0.2, 0) is 9.59 Å². The molecule has 0 heterocycles. The van der Waals surface area contributed by atoms with Gasteiger partial charge in [0.1, 0.15) is 0 Å². The number of carbonyl (C=O) groups excluding carboxylic acids is 2. The Bertz CT molecular complexity index is 402. The lowest BCUT2D eigenvalue weighted by atomic mass is 9.60. The van der Waals surface area contributed by atoms with E-state index < -0.39 is 0 Å². The molecule has 0 spiro atoms. The Balaban J connectivity index is 2.06. The van der Waals surface area contributed by atoms with Crippen LogP contribution in [0.3, 0.4) is 0 Å². The van der Waals surface area contributed by atoms with Crippen LogP contribution in [0.25, 0.3) is 0 Å². The summed E-state index contributed by atoms with van der Waals surface area (Å²) in [5.41, 5.74) is 0.130. The minimum atomic E-state index is 0.130. The Kier molecular flexibility index (Phi) is 4.68. The smallest absolute Gasteiger partial charge is 0.211 e. The summed E-state index contributed by atoms with van der Waals surface area (Å²) in [4.78, 5) is 28.9. The van der Waals surface area contributed by atoms with Crippen molar-refractivity contribution in [2.24, 2.45) is 21.3 Å². The molecule has 0 aromatic rings. The molecule has 2 atom stereocenters. The molecule has 2 aliphatic carbocycles. The first-order valence-corrected chi connectivity index (χ1v) is 7.34. The van der Waals surface area contributed by atoms with Gasteiger partial charge in [-0.15, -0.1) is 0 Å². The van der Waals surface area contributed by atoms with Gasteiger partial charge in [-0.2, -0.15) is 0 Å². The van der Waals surface area contributed by atoms with E-state index in [1.54, 1.807) is 12.2 Å². The van der Waals surface area contributed by atoms with E-state index in [1.807, 2.05) is 0 Å². The average Bonchev–Trinajstić information content (AvgIpc) is 2.43. The Labute approximate surface area is 114 Å². The summed E-state index contributed by atoms with van der Waals surface area (Å²) in [7, 11) is 0. The molecule has 4 nitrogen and oxygen atoms in total. The van der Waals surface area contributed by atoms with Crippen molar-refractivity contribution < 1.29 is 9.59 Å². The summed E-state index contributed by atoms with van der Waals surface area (Å²) in [5, 5.41) is 0. The maximum absolute atomic E-state index is 10.6. The summed E-state index contributed by atoms with van der Waals surface area (Å²) >= 11 is 0. The van der Waals surface area contributed by atoms with Crippen molar-refractivity contribution in [1.29, 1.82) is 0 Å². The number of isocyanates is 2. The molecule has 0 amide bonds. The van der Waals surface area contributed by atoms with E-state index in [-0.39, 0.29) is 17.5 Å². The molecule has 0 bridgehead atoms. The van der Waals surface area contributed by atoms with Gasteiger partial charge in [0.25, 0.3) is 0 Å². The largest absolute Gasteiger partial charge is 0.235 e. The van der Waals surface area contributed by atoms with Crippen LogP contribution in [0.2, 0.25) is 0 Å². The lowest BCUT2D eigenvalue weighted by Crippen LogP contribution is -2.42. The van der Waals surface area contributed by atoms with E-state index in [2.05, 4.69) is 16.9 Å². The van der Waals surface area contributed by atoms with Gasteiger partial charge in [0.05, 0.1) is 12.1 Å². The predicted molar refractivity (Wildman–Crippen MR) is 72.4 cm³/mol. The van der Waals surface area contributed by atoms with Crippen molar-refractivity contribution in [2.45, 2.75) is 70.4 Å². The first kappa shape index (κ1) is 14.2. The average molecular weight is 262 g/mol. The highest BCUT2D eigenvalue weighted by Gasteiger charge is 2.44. The molecule has 104 valence electrons. The fourth-order valence-corrected chi connectivity index (χ4v) is 4.03. The van der Waals surface area contributed by atoms with Crippen LogP contribution in [0.1, 0.15) is 58.3 Å². The van der Waals surface area contributed by atoms with Gasteiger partial charge in [-0.25, -0.2) is 19.6 Å². The molecule has 0 aromatic heterocycles. The molecule has 0 saturated heterocycles. The highest BCUT2D eigenvalue weighted by molar-refractivity contribution is 5.34. The van der Waals surface area contributed by atoms with Crippen molar-refractivity contribution in [2.75, 3.05) is 0 Å². The van der Waals surface area contributed by atoms with Crippen molar-refractivity contribution in [1.82, 2.24) is 0 Å². The fraction of sp³-hybridized carbons (Fsp3) is 0.867. The molecule has 2 aliphatic rings. The molecule has 0 aromatic carbocycles. The quantitative estimate of drug-likeness (QED) is 0.579. The zero-order valence-electron chi connectivity index (χ0n) is 11.6. The fourth-order valence-electron chi connectivity index (χ4n) is 4.03. The van der Waals surface area contributed by atoms with Crippen LogP contribution in [-0.4, -0.2) is 24.2 Å². The number of rotatable bonds is 3. The molecular formula is C15H22N2O2. The second-order valence-corrected chi connectivity index (χ2v) is 6.21. The first-order valence-electron chi connectivity index (χ1n) is 7.34. The van der Waals surface area contributed by atoms with Crippen LogP contribution >= 0.6 is 0 Å². The first-order chi connectivity index (χ1) is 9.20. The minimum absolute atomic E-state index is 0.130. The van der Waals surface area contributed by atoms with Gasteiger partial charge in [-0.1, -0.05) is 19.8 Å². The lowest BCUT2D eigenvalue weighted by molar-refractivity contribution is 0.0620. The number of nitrogens with zero attached hydrogens (tertiary/aromatic N) is 2. The SMILES string of the molecule is CC1(C2CCC(N=C=O)CC2)CCCCC1N=C=O. The van der Waals surface area contributed by atoms with Gasteiger partial charge in [-0.3, -0.25) is 0 Å². The number of aliphatic imine (C=N–C) groups is 2. The second kappa shape index (κ2) is 6.27. The minimum Gasteiger partial charge on any atom is -0.211 e. The lowest BCUT2D eigenvalue weighted by Gasteiger charge is -2.46. The normalized spacial score (nSPS) is 38.9. The molecule has 19 heavy (non-hydrogen) atoms. The van der Waals surface area contributed by atoms with E-state index in [9.17, 15) is 9.59 Å². The molecule has 0 radical (unpaired) electrons. The van der Waals surface area contributed by atoms with Crippen LogP contribution in [0.4, 0.5) is 0 Å². The van der Waals surface area contributed by atoms with E-state index >= 15 is 0 Å². The van der Waals surface area contributed by atoms with Gasteiger partial charge in [-0.05, 0) is 49.9 Å². The van der Waals surface area contributed by atoms with Crippen molar-refractivity contribution >= 4 is 12.2 Å². The molecule has 4 heteroatoms. The zero-order valence-corrected chi connectivity index (χ0v) is 11.6. The van der Waals surface area contributed by atoms with E-state index in [4.69, 9.17) is 0 Å². The summed E-state index contributed by atoms with van der Waals surface area (Å²) in [6.07, 6.45) is 12.1. The Morgan fingerprint density at radius 1 is 0.947 bits per heavy atom. The number of hydrogen-bond donors (Lipinski definition) is 0. The zero-order chi connectivity index (χ0) is 13.7. The van der Waals surface area contributed by atoms with E-state index in [0.717, 1.165) is 44.9 Å². The summed E-state index contributed by atoms with van der Waals surface area (Å²) in [5.74, 6) is 0.591. The Morgan fingerprint density at radius 2 is 1.63 bits per heavy atom. The molecule has 0 N–H and O–H groups in total. The van der Waals surface area contributed by atoms with E-state index in [0.29, 0.717) is 5.92 Å². The van der Waals surface area contributed by atoms with Crippen molar-refractivity contribution in [3.63, 3.8) is 0 Å². The highest BCUT2D eigenvalue weighted by atomic mass is 16.1. The van der Waals surface area contributed by atoms with Gasteiger partial charge in [0.15, 0.2) is 0 Å². The summed E-state index contributed by atoms with van der Waals surface area (Å²) in [6.45, 7) is 2.28. The van der Waals surface area contributed by atoms with Crippen LogP contribution < -0.4 is 0 Å². The summed E-state index contributed by atoms with van der Waals surface area (Å²) < 4.78 is 0. The van der Waals surface area contributed by atoms with Crippen molar-refractivity contribution in [3.8, 4) is 0 Å². The van der Waals surface area contributed by atoms with Crippen LogP contribution in [0.15, 0.2) is 9.98 Å². The topological polar surface area (TPSA) is 58.9 Å². The standard InChI is InChI=1S/C15H22N2O2/c1-15(9-3-2-4-14(15)17-11-19)12-5-7-13(8-6-12)16-10-18/h12-14H,2-9H2,1H3. The Morgan fingerprint density at radius 3 is 2.26 bits per heavy atom. The van der Waals surface area contributed by atoms with Crippen LogP contribution in [0.5, 0.6) is 0 Å². The molecule has 2 saturated carbocycles. The monoisotopic (exact) mass is 262 g/mol. The maximum atomic E-state index is 10.6. The molecule has 2 unspecified atom stereocenters.